The van der Waals surface area contributed by atoms with Crippen LogP contribution in [0.15, 0.2) is 29.2 Å². The van der Waals surface area contributed by atoms with E-state index in [4.69, 9.17) is 15.4 Å². The predicted molar refractivity (Wildman–Crippen MR) is 68.9 cm³/mol. The summed E-state index contributed by atoms with van der Waals surface area (Å²) in [4.78, 5) is 21.5. The molecule has 110 valence electrons. The van der Waals surface area contributed by atoms with Crippen LogP contribution in [0.25, 0.3) is 0 Å². The fourth-order valence-electron chi connectivity index (χ4n) is 1.20. The van der Waals surface area contributed by atoms with Crippen LogP contribution >= 0.6 is 0 Å². The molecule has 1 aromatic rings. The van der Waals surface area contributed by atoms with Crippen molar-refractivity contribution in [2.24, 2.45) is 5.73 Å². The molecule has 0 aliphatic heterocycles. The standard InChI is InChI=1S/C10H13N3O6S/c11-8(9(14)15)5-12-10(16)13-6-2-1-3-7(4-6)20(17,18)19/h1-4,8H,5,11H2,(H,14,15)(H2,12,13,16)(H,17,18,19)/t8-/m0/s1. The van der Waals surface area contributed by atoms with Gasteiger partial charge >= 0.3 is 12.0 Å². The Bertz CT molecular complexity index is 615. The molecule has 0 aliphatic rings. The number of urea groups is 1. The van der Waals surface area contributed by atoms with Gasteiger partial charge in [-0.05, 0) is 18.2 Å². The summed E-state index contributed by atoms with van der Waals surface area (Å²) >= 11 is 0. The van der Waals surface area contributed by atoms with Crippen LogP contribution in [-0.2, 0) is 14.9 Å². The highest BCUT2D eigenvalue weighted by molar-refractivity contribution is 7.85. The maximum absolute atomic E-state index is 11.4. The lowest BCUT2D eigenvalue weighted by atomic mass is 10.3. The second-order valence-corrected chi connectivity index (χ2v) is 5.20. The van der Waals surface area contributed by atoms with Crippen molar-refractivity contribution in [3.05, 3.63) is 24.3 Å². The third-order valence-electron chi connectivity index (χ3n) is 2.19. The Morgan fingerprint density at radius 2 is 2.00 bits per heavy atom. The van der Waals surface area contributed by atoms with Gasteiger partial charge in [-0.25, -0.2) is 4.79 Å². The Balaban J connectivity index is 2.65. The summed E-state index contributed by atoms with van der Waals surface area (Å²) < 4.78 is 30.7. The SMILES string of the molecule is N[C@@H](CNC(=O)Nc1cccc(S(=O)(=O)O)c1)C(=O)O. The number of hydrogen-bond donors (Lipinski definition) is 5. The third kappa shape index (κ3) is 4.84. The molecule has 20 heavy (non-hydrogen) atoms. The highest BCUT2D eigenvalue weighted by atomic mass is 32.2. The van der Waals surface area contributed by atoms with Gasteiger partial charge in [-0.15, -0.1) is 0 Å². The molecular formula is C10H13N3O6S. The van der Waals surface area contributed by atoms with Gasteiger partial charge in [-0.1, -0.05) is 6.07 Å². The summed E-state index contributed by atoms with van der Waals surface area (Å²) in [7, 11) is -4.37. The zero-order valence-corrected chi connectivity index (χ0v) is 10.9. The molecule has 9 nitrogen and oxygen atoms in total. The lowest BCUT2D eigenvalue weighted by Gasteiger charge is -2.10. The summed E-state index contributed by atoms with van der Waals surface area (Å²) in [6.45, 7) is -0.293. The smallest absolute Gasteiger partial charge is 0.322 e. The van der Waals surface area contributed by atoms with Crippen LogP contribution < -0.4 is 16.4 Å². The minimum Gasteiger partial charge on any atom is -0.480 e. The molecule has 0 heterocycles. The fraction of sp³-hybridized carbons (Fsp3) is 0.200. The van der Waals surface area contributed by atoms with E-state index in [0.29, 0.717) is 0 Å². The summed E-state index contributed by atoms with van der Waals surface area (Å²) in [5.74, 6) is -1.27. The van der Waals surface area contributed by atoms with Gasteiger partial charge in [0.1, 0.15) is 6.04 Å². The monoisotopic (exact) mass is 303 g/mol. The van der Waals surface area contributed by atoms with Crippen molar-refractivity contribution < 1.29 is 27.7 Å². The molecule has 0 saturated heterocycles. The fourth-order valence-corrected chi connectivity index (χ4v) is 1.73. The average Bonchev–Trinajstić information content (AvgIpc) is 2.35. The maximum atomic E-state index is 11.4. The number of benzene rings is 1. The Kier molecular flexibility index (Phi) is 5.02. The molecule has 0 radical (unpaired) electrons. The van der Waals surface area contributed by atoms with E-state index in [1.165, 1.54) is 12.1 Å². The van der Waals surface area contributed by atoms with Crippen LogP contribution in [0.4, 0.5) is 10.5 Å². The van der Waals surface area contributed by atoms with E-state index in [9.17, 15) is 18.0 Å². The Hall–Kier alpha value is -2.17. The molecule has 10 heteroatoms. The normalized spacial score (nSPS) is 12.5. The number of anilines is 1. The summed E-state index contributed by atoms with van der Waals surface area (Å²) in [5, 5.41) is 13.0. The molecule has 6 N–H and O–H groups in total. The second-order valence-electron chi connectivity index (χ2n) is 3.78. The Labute approximate surface area is 114 Å². The predicted octanol–water partition coefficient (Wildman–Crippen LogP) is -0.533. The third-order valence-corrected chi connectivity index (χ3v) is 3.04. The topological polar surface area (TPSA) is 159 Å². The van der Waals surface area contributed by atoms with Crippen molar-refractivity contribution in [3.8, 4) is 0 Å². The van der Waals surface area contributed by atoms with Gasteiger partial charge in [-0.3, -0.25) is 9.35 Å². The number of aliphatic carboxylic acids is 1. The van der Waals surface area contributed by atoms with Crippen LogP contribution in [-0.4, -0.2) is 42.7 Å². The number of carboxylic acids is 1. The lowest BCUT2D eigenvalue weighted by molar-refractivity contribution is -0.138. The van der Waals surface area contributed by atoms with Gasteiger partial charge in [0, 0.05) is 12.2 Å². The summed E-state index contributed by atoms with van der Waals surface area (Å²) in [5.41, 5.74) is 5.30. The first-order valence-corrected chi connectivity index (χ1v) is 6.75. The molecule has 2 amide bonds. The van der Waals surface area contributed by atoms with Gasteiger partial charge in [0.15, 0.2) is 0 Å². The van der Waals surface area contributed by atoms with Crippen LogP contribution in [0.3, 0.4) is 0 Å². The van der Waals surface area contributed by atoms with Crippen molar-refractivity contribution in [1.82, 2.24) is 5.32 Å². The first-order chi connectivity index (χ1) is 9.20. The van der Waals surface area contributed by atoms with Gasteiger partial charge in [0.25, 0.3) is 10.1 Å². The van der Waals surface area contributed by atoms with E-state index in [-0.39, 0.29) is 17.1 Å². The van der Waals surface area contributed by atoms with Gasteiger partial charge < -0.3 is 21.5 Å². The second kappa shape index (κ2) is 6.32. The largest absolute Gasteiger partial charge is 0.480 e. The van der Waals surface area contributed by atoms with Gasteiger partial charge in [-0.2, -0.15) is 8.42 Å². The number of nitrogens with one attached hydrogen (secondary N) is 2. The number of hydrogen-bond acceptors (Lipinski definition) is 5. The van der Waals surface area contributed by atoms with Crippen molar-refractivity contribution in [2.75, 3.05) is 11.9 Å². The number of carboxylic acid groups (broad SMARTS) is 1. The van der Waals surface area contributed by atoms with E-state index in [1.807, 2.05) is 0 Å². The Morgan fingerprint density at radius 1 is 1.35 bits per heavy atom. The molecule has 0 saturated carbocycles. The number of carbonyl (C=O) groups is 2. The van der Waals surface area contributed by atoms with Crippen LogP contribution in [0.1, 0.15) is 0 Å². The van der Waals surface area contributed by atoms with Crippen molar-refractivity contribution in [1.29, 1.82) is 0 Å². The molecular weight excluding hydrogens is 290 g/mol. The molecule has 0 unspecified atom stereocenters. The first kappa shape index (κ1) is 15.9. The molecule has 0 fully saturated rings. The zero-order chi connectivity index (χ0) is 15.3. The number of nitrogens with two attached hydrogens (primary N) is 1. The molecule has 1 atom stereocenters. The van der Waals surface area contributed by atoms with Crippen LogP contribution in [0, 0.1) is 0 Å². The lowest BCUT2D eigenvalue weighted by Crippen LogP contribution is -2.43. The van der Waals surface area contributed by atoms with E-state index in [2.05, 4.69) is 10.6 Å². The van der Waals surface area contributed by atoms with Crippen LogP contribution in [0.2, 0.25) is 0 Å². The van der Waals surface area contributed by atoms with Crippen molar-refractivity contribution >= 4 is 27.8 Å². The molecule has 1 aromatic carbocycles. The molecule has 1 rings (SSSR count). The first-order valence-electron chi connectivity index (χ1n) is 5.31. The summed E-state index contributed by atoms with van der Waals surface area (Å²) in [6.07, 6.45) is 0. The molecule has 0 aromatic heterocycles. The van der Waals surface area contributed by atoms with Crippen molar-refractivity contribution in [3.63, 3.8) is 0 Å². The summed E-state index contributed by atoms with van der Waals surface area (Å²) in [6, 6.07) is 2.91. The number of amides is 2. The molecule has 0 aliphatic carbocycles. The molecule has 0 spiro atoms. The Morgan fingerprint density at radius 3 is 2.55 bits per heavy atom. The highest BCUT2D eigenvalue weighted by Crippen LogP contribution is 2.14. The van der Waals surface area contributed by atoms with Crippen LogP contribution in [0.5, 0.6) is 0 Å². The number of rotatable bonds is 5. The minimum absolute atomic E-state index is 0.113. The van der Waals surface area contributed by atoms with E-state index in [1.54, 1.807) is 0 Å². The zero-order valence-electron chi connectivity index (χ0n) is 10.1. The highest BCUT2D eigenvalue weighted by Gasteiger charge is 2.13. The number of carbonyl (C=O) groups excluding carboxylic acids is 1. The maximum Gasteiger partial charge on any atom is 0.322 e. The van der Waals surface area contributed by atoms with Crippen molar-refractivity contribution in [2.45, 2.75) is 10.9 Å². The average molecular weight is 303 g/mol. The minimum atomic E-state index is -4.37. The van der Waals surface area contributed by atoms with E-state index < -0.39 is 28.2 Å². The van der Waals surface area contributed by atoms with E-state index in [0.717, 1.165) is 12.1 Å². The van der Waals surface area contributed by atoms with Gasteiger partial charge in [0.2, 0.25) is 0 Å². The molecule has 0 bridgehead atoms. The van der Waals surface area contributed by atoms with E-state index >= 15 is 0 Å². The van der Waals surface area contributed by atoms with Gasteiger partial charge in [0.05, 0.1) is 4.90 Å². The quantitative estimate of drug-likeness (QED) is 0.457.